The predicted octanol–water partition coefficient (Wildman–Crippen LogP) is 3.21. The number of aryl methyl sites for hydroxylation is 1. The number of carbonyl (C=O) groups excluding carboxylic acids is 1. The van der Waals surface area contributed by atoms with Crippen LogP contribution in [0.2, 0.25) is 0 Å². The average Bonchev–Trinajstić information content (AvgIpc) is 2.91. The number of nitrogens with two attached hydrogens (primary N) is 1. The molecule has 0 aliphatic heterocycles. The van der Waals surface area contributed by atoms with E-state index in [0.29, 0.717) is 16.3 Å². The number of hydrogen-bond donors (Lipinski definition) is 2. The van der Waals surface area contributed by atoms with E-state index < -0.39 is 0 Å². The summed E-state index contributed by atoms with van der Waals surface area (Å²) in [6.07, 6.45) is 3.00. The van der Waals surface area contributed by atoms with Gasteiger partial charge in [-0.2, -0.15) is 0 Å². The van der Waals surface area contributed by atoms with E-state index >= 15 is 0 Å². The fraction of sp³-hybridized carbons (Fsp3) is 0.214. The molecule has 3 rings (SSSR count). The van der Waals surface area contributed by atoms with Gasteiger partial charge in [-0.15, -0.1) is 11.3 Å². The van der Waals surface area contributed by atoms with Crippen molar-refractivity contribution in [2.75, 3.05) is 11.1 Å². The number of hydrogen-bond acceptors (Lipinski definition) is 3. The molecule has 5 heteroatoms. The molecule has 98 valence electrons. The number of thiophene rings is 1. The molecule has 0 bridgehead atoms. The minimum atomic E-state index is -0.325. The van der Waals surface area contributed by atoms with Gasteiger partial charge in [-0.05, 0) is 49.1 Å². The van der Waals surface area contributed by atoms with Crippen molar-refractivity contribution in [1.82, 2.24) is 0 Å². The van der Waals surface area contributed by atoms with Gasteiger partial charge in [-0.3, -0.25) is 4.79 Å². The van der Waals surface area contributed by atoms with Crippen LogP contribution in [0.5, 0.6) is 0 Å². The maximum Gasteiger partial charge on any atom is 0.258 e. The number of benzene rings is 1. The lowest BCUT2D eigenvalue weighted by Crippen LogP contribution is -2.14. The summed E-state index contributed by atoms with van der Waals surface area (Å²) in [7, 11) is 0. The van der Waals surface area contributed by atoms with Gasteiger partial charge in [0.25, 0.3) is 5.91 Å². The Morgan fingerprint density at radius 2 is 2.00 bits per heavy atom. The van der Waals surface area contributed by atoms with E-state index in [-0.39, 0.29) is 11.7 Å². The van der Waals surface area contributed by atoms with Gasteiger partial charge < -0.3 is 11.1 Å². The Labute approximate surface area is 114 Å². The third-order valence-electron chi connectivity index (χ3n) is 3.28. The molecule has 0 saturated heterocycles. The fourth-order valence-electron chi connectivity index (χ4n) is 2.40. The van der Waals surface area contributed by atoms with Crippen molar-refractivity contribution in [3.8, 4) is 0 Å². The lowest BCUT2D eigenvalue weighted by atomic mass is 10.1. The largest absolute Gasteiger partial charge is 0.390 e. The normalized spacial score (nSPS) is 13.3. The summed E-state index contributed by atoms with van der Waals surface area (Å²) in [5.74, 6) is -0.530. The third-order valence-corrected chi connectivity index (χ3v) is 4.40. The lowest BCUT2D eigenvalue weighted by molar-refractivity contribution is 0.102. The van der Waals surface area contributed by atoms with Crippen LogP contribution < -0.4 is 11.1 Å². The van der Waals surface area contributed by atoms with E-state index in [0.717, 1.165) is 24.8 Å². The van der Waals surface area contributed by atoms with E-state index in [1.54, 1.807) is 0 Å². The highest BCUT2D eigenvalue weighted by molar-refractivity contribution is 7.16. The molecule has 3 nitrogen and oxygen atoms in total. The molecule has 0 saturated carbocycles. The zero-order valence-corrected chi connectivity index (χ0v) is 11.0. The minimum absolute atomic E-state index is 0.205. The van der Waals surface area contributed by atoms with Crippen molar-refractivity contribution < 1.29 is 9.18 Å². The van der Waals surface area contributed by atoms with Crippen LogP contribution in [0.3, 0.4) is 0 Å². The summed E-state index contributed by atoms with van der Waals surface area (Å²) in [5, 5.41) is 3.34. The van der Waals surface area contributed by atoms with E-state index in [1.165, 1.54) is 40.5 Å². The second-order valence-electron chi connectivity index (χ2n) is 4.56. The molecule has 1 heterocycles. The van der Waals surface area contributed by atoms with Gasteiger partial charge in [-0.1, -0.05) is 0 Å². The van der Waals surface area contributed by atoms with Crippen LogP contribution in [-0.2, 0) is 12.8 Å². The molecule has 1 aliphatic carbocycles. The lowest BCUT2D eigenvalue weighted by Gasteiger charge is -2.06. The molecule has 0 fully saturated rings. The van der Waals surface area contributed by atoms with Crippen molar-refractivity contribution >= 4 is 27.9 Å². The van der Waals surface area contributed by atoms with Gasteiger partial charge in [-0.25, -0.2) is 4.39 Å². The monoisotopic (exact) mass is 276 g/mol. The smallest absolute Gasteiger partial charge is 0.258 e. The van der Waals surface area contributed by atoms with Crippen molar-refractivity contribution in [2.24, 2.45) is 0 Å². The second-order valence-corrected chi connectivity index (χ2v) is 5.69. The number of rotatable bonds is 2. The molecule has 0 atom stereocenters. The Kier molecular flexibility index (Phi) is 2.98. The molecule has 1 aromatic heterocycles. The molecule has 1 amide bonds. The summed E-state index contributed by atoms with van der Waals surface area (Å²) in [4.78, 5) is 13.5. The van der Waals surface area contributed by atoms with Crippen LogP contribution in [0.15, 0.2) is 24.3 Å². The number of carbonyl (C=O) groups is 1. The van der Waals surface area contributed by atoms with E-state index in [9.17, 15) is 9.18 Å². The van der Waals surface area contributed by atoms with Crippen LogP contribution in [0.25, 0.3) is 0 Å². The maximum absolute atomic E-state index is 12.8. The maximum atomic E-state index is 12.8. The van der Waals surface area contributed by atoms with Gasteiger partial charge in [0, 0.05) is 10.6 Å². The minimum Gasteiger partial charge on any atom is -0.390 e. The van der Waals surface area contributed by atoms with Gasteiger partial charge in [0.2, 0.25) is 0 Å². The Morgan fingerprint density at radius 1 is 1.26 bits per heavy atom. The van der Waals surface area contributed by atoms with Gasteiger partial charge in [0.05, 0.1) is 10.6 Å². The van der Waals surface area contributed by atoms with Crippen molar-refractivity contribution in [3.63, 3.8) is 0 Å². The first-order valence-electron chi connectivity index (χ1n) is 6.12. The zero-order chi connectivity index (χ0) is 13.4. The molecule has 19 heavy (non-hydrogen) atoms. The number of nitrogens with one attached hydrogen (secondary N) is 1. The summed E-state index contributed by atoms with van der Waals surface area (Å²) in [6, 6.07) is 5.71. The quantitative estimate of drug-likeness (QED) is 0.885. The summed E-state index contributed by atoms with van der Waals surface area (Å²) in [6.45, 7) is 0. The first-order chi connectivity index (χ1) is 9.15. The molecule has 1 aliphatic rings. The van der Waals surface area contributed by atoms with Crippen molar-refractivity contribution in [1.29, 1.82) is 0 Å². The Morgan fingerprint density at radius 3 is 2.74 bits per heavy atom. The number of nitrogen functional groups attached to an aromatic ring is 1. The fourth-order valence-corrected chi connectivity index (χ4v) is 3.56. The Hall–Kier alpha value is -1.88. The third kappa shape index (κ3) is 2.21. The number of amides is 1. The predicted molar refractivity (Wildman–Crippen MR) is 75.1 cm³/mol. The molecule has 0 unspecified atom stereocenters. The van der Waals surface area contributed by atoms with Crippen molar-refractivity contribution in [2.45, 2.75) is 19.3 Å². The number of halogens is 1. The van der Waals surface area contributed by atoms with Crippen LogP contribution in [0.4, 0.5) is 15.1 Å². The van der Waals surface area contributed by atoms with Crippen LogP contribution in [-0.4, -0.2) is 5.91 Å². The van der Waals surface area contributed by atoms with E-state index in [2.05, 4.69) is 5.32 Å². The zero-order valence-electron chi connectivity index (χ0n) is 10.2. The topological polar surface area (TPSA) is 55.1 Å². The standard InChI is InChI=1S/C14H13FN2OS/c15-8-4-6-9(7-5-8)17-14(18)12-10-2-1-3-11(10)19-13(12)16/h4-7H,1-3,16H2,(H,17,18). The van der Waals surface area contributed by atoms with Crippen LogP contribution >= 0.6 is 11.3 Å². The first-order valence-corrected chi connectivity index (χ1v) is 6.94. The van der Waals surface area contributed by atoms with Gasteiger partial charge in [0.1, 0.15) is 5.82 Å². The van der Waals surface area contributed by atoms with E-state index in [1.807, 2.05) is 0 Å². The number of fused-ring (bicyclic) bond motifs is 1. The molecular formula is C14H13FN2OS. The highest BCUT2D eigenvalue weighted by Crippen LogP contribution is 2.37. The van der Waals surface area contributed by atoms with E-state index in [4.69, 9.17) is 5.73 Å². The Bertz CT molecular complexity index is 634. The molecule has 0 spiro atoms. The van der Waals surface area contributed by atoms with Crippen molar-refractivity contribution in [3.05, 3.63) is 46.1 Å². The van der Waals surface area contributed by atoms with Crippen LogP contribution in [0.1, 0.15) is 27.2 Å². The molecule has 1 aromatic carbocycles. The van der Waals surface area contributed by atoms with Crippen LogP contribution in [0, 0.1) is 5.82 Å². The first kappa shape index (κ1) is 12.2. The highest BCUT2D eigenvalue weighted by Gasteiger charge is 2.25. The molecular weight excluding hydrogens is 263 g/mol. The summed E-state index contributed by atoms with van der Waals surface area (Å²) < 4.78 is 12.8. The molecule has 3 N–H and O–H groups in total. The SMILES string of the molecule is Nc1sc2c(c1C(=O)Nc1ccc(F)cc1)CCC2. The Balaban J connectivity index is 1.86. The molecule has 0 radical (unpaired) electrons. The molecule has 2 aromatic rings. The van der Waals surface area contributed by atoms with Gasteiger partial charge >= 0.3 is 0 Å². The van der Waals surface area contributed by atoms with Gasteiger partial charge in [0.15, 0.2) is 0 Å². The second kappa shape index (κ2) is 4.66. The number of anilines is 2. The highest BCUT2D eigenvalue weighted by atomic mass is 32.1. The average molecular weight is 276 g/mol. The summed E-state index contributed by atoms with van der Waals surface area (Å²) in [5.41, 5.74) is 8.19. The summed E-state index contributed by atoms with van der Waals surface area (Å²) >= 11 is 1.50.